The molecule has 1 unspecified atom stereocenters. The van der Waals surface area contributed by atoms with Crippen LogP contribution in [0.4, 0.5) is 0 Å². The van der Waals surface area contributed by atoms with Crippen molar-refractivity contribution in [1.82, 2.24) is 5.32 Å². The lowest BCUT2D eigenvalue weighted by atomic mass is 9.95. The molecule has 0 aliphatic carbocycles. The fraction of sp³-hybridized carbons (Fsp3) is 0.909. The minimum absolute atomic E-state index is 0.0462. The molecule has 0 aromatic rings. The van der Waals surface area contributed by atoms with Crippen LogP contribution in [0.5, 0.6) is 0 Å². The zero-order valence-electron chi connectivity index (χ0n) is 9.69. The molecule has 0 aliphatic heterocycles. The maximum atomic E-state index is 11.6. The van der Waals surface area contributed by atoms with E-state index < -0.39 is 0 Å². The molecule has 2 nitrogen and oxygen atoms in total. The van der Waals surface area contributed by atoms with Crippen LogP contribution in [0.3, 0.4) is 0 Å². The molecule has 0 spiro atoms. The lowest BCUT2D eigenvalue weighted by molar-refractivity contribution is -0.123. The highest BCUT2D eigenvalue weighted by atomic mass is 79.9. The molecular formula is C11H22BrNO. The largest absolute Gasteiger partial charge is 0.351 e. The summed E-state index contributed by atoms with van der Waals surface area (Å²) < 4.78 is 0. The van der Waals surface area contributed by atoms with Crippen LogP contribution in [0, 0.1) is 5.92 Å². The Bertz CT molecular complexity index is 182. The summed E-state index contributed by atoms with van der Waals surface area (Å²) in [6, 6.07) is 0. The maximum Gasteiger partial charge on any atom is 0.220 e. The number of hydrogen-bond acceptors (Lipinski definition) is 1. The number of carbonyl (C=O) groups is 1. The van der Waals surface area contributed by atoms with Crippen LogP contribution in [0.1, 0.15) is 47.0 Å². The maximum absolute atomic E-state index is 11.6. The molecule has 0 saturated carbocycles. The van der Waals surface area contributed by atoms with E-state index in [0.29, 0.717) is 12.3 Å². The Labute approximate surface area is 96.0 Å². The summed E-state index contributed by atoms with van der Waals surface area (Å²) >= 11 is 3.42. The summed E-state index contributed by atoms with van der Waals surface area (Å²) in [5.41, 5.74) is -0.0462. The number of hydrogen-bond donors (Lipinski definition) is 1. The van der Waals surface area contributed by atoms with Gasteiger partial charge in [-0.05, 0) is 25.7 Å². The molecule has 0 aromatic carbocycles. The van der Waals surface area contributed by atoms with Gasteiger partial charge in [0, 0.05) is 17.3 Å². The first-order chi connectivity index (χ1) is 6.43. The Morgan fingerprint density at radius 1 is 1.50 bits per heavy atom. The van der Waals surface area contributed by atoms with E-state index in [1.165, 1.54) is 0 Å². The molecule has 84 valence electrons. The van der Waals surface area contributed by atoms with Gasteiger partial charge in [-0.1, -0.05) is 36.7 Å². The molecule has 0 saturated heterocycles. The van der Waals surface area contributed by atoms with Crippen molar-refractivity contribution in [3.05, 3.63) is 0 Å². The number of carbonyl (C=O) groups excluding carboxylic acids is 1. The second-order valence-corrected chi connectivity index (χ2v) is 5.29. The Kier molecular flexibility index (Phi) is 6.41. The highest BCUT2D eigenvalue weighted by Crippen LogP contribution is 2.16. The fourth-order valence-corrected chi connectivity index (χ4v) is 2.17. The molecule has 0 radical (unpaired) electrons. The normalized spacial score (nSPS) is 15.3. The predicted molar refractivity (Wildman–Crippen MR) is 64.7 cm³/mol. The average Bonchev–Trinajstić information content (AvgIpc) is 2.02. The van der Waals surface area contributed by atoms with Gasteiger partial charge in [0.2, 0.25) is 5.91 Å². The van der Waals surface area contributed by atoms with E-state index in [-0.39, 0.29) is 11.4 Å². The molecule has 0 heterocycles. The Morgan fingerprint density at radius 2 is 2.07 bits per heavy atom. The molecule has 14 heavy (non-hydrogen) atoms. The smallest absolute Gasteiger partial charge is 0.220 e. The second-order valence-electron chi connectivity index (χ2n) is 4.50. The molecule has 0 aliphatic rings. The SMILES string of the molecule is CCC(C)(CCBr)NC(=O)CC(C)C. The van der Waals surface area contributed by atoms with Crippen LogP contribution in [0.15, 0.2) is 0 Å². The third kappa shape index (κ3) is 5.63. The molecule has 1 atom stereocenters. The number of alkyl halides is 1. The topological polar surface area (TPSA) is 29.1 Å². The van der Waals surface area contributed by atoms with Gasteiger partial charge in [-0.15, -0.1) is 0 Å². The van der Waals surface area contributed by atoms with Crippen molar-refractivity contribution in [3.63, 3.8) is 0 Å². The molecule has 3 heteroatoms. The quantitative estimate of drug-likeness (QED) is 0.734. The second kappa shape index (κ2) is 6.44. The van der Waals surface area contributed by atoms with E-state index in [1.807, 2.05) is 0 Å². The number of rotatable bonds is 6. The molecular weight excluding hydrogens is 242 g/mol. The monoisotopic (exact) mass is 263 g/mol. The zero-order valence-corrected chi connectivity index (χ0v) is 11.3. The van der Waals surface area contributed by atoms with Crippen molar-refractivity contribution in [3.8, 4) is 0 Å². The van der Waals surface area contributed by atoms with Crippen LogP contribution in [0.2, 0.25) is 0 Å². The van der Waals surface area contributed by atoms with Crippen molar-refractivity contribution >= 4 is 21.8 Å². The lowest BCUT2D eigenvalue weighted by Gasteiger charge is -2.29. The third-order valence-corrected chi connectivity index (χ3v) is 2.86. The van der Waals surface area contributed by atoms with Gasteiger partial charge in [-0.3, -0.25) is 4.79 Å². The van der Waals surface area contributed by atoms with Crippen LogP contribution in [0.25, 0.3) is 0 Å². The molecule has 0 bridgehead atoms. The minimum atomic E-state index is -0.0462. The highest BCUT2D eigenvalue weighted by molar-refractivity contribution is 9.09. The Balaban J connectivity index is 4.10. The number of halogens is 1. The zero-order chi connectivity index (χ0) is 11.2. The van der Waals surface area contributed by atoms with Gasteiger partial charge in [0.1, 0.15) is 0 Å². The number of nitrogens with one attached hydrogen (secondary N) is 1. The molecule has 0 fully saturated rings. The van der Waals surface area contributed by atoms with E-state index in [0.717, 1.165) is 18.2 Å². The lowest BCUT2D eigenvalue weighted by Crippen LogP contribution is -2.46. The van der Waals surface area contributed by atoms with Gasteiger partial charge in [-0.2, -0.15) is 0 Å². The first-order valence-electron chi connectivity index (χ1n) is 5.30. The van der Waals surface area contributed by atoms with Gasteiger partial charge in [-0.25, -0.2) is 0 Å². The van der Waals surface area contributed by atoms with Gasteiger partial charge in [0.05, 0.1) is 0 Å². The first-order valence-corrected chi connectivity index (χ1v) is 6.42. The summed E-state index contributed by atoms with van der Waals surface area (Å²) in [6.07, 6.45) is 2.58. The first kappa shape index (κ1) is 13.9. The van der Waals surface area contributed by atoms with E-state index >= 15 is 0 Å². The van der Waals surface area contributed by atoms with E-state index in [2.05, 4.69) is 48.9 Å². The van der Waals surface area contributed by atoms with E-state index in [1.54, 1.807) is 0 Å². The van der Waals surface area contributed by atoms with Crippen molar-refractivity contribution in [2.75, 3.05) is 5.33 Å². The summed E-state index contributed by atoms with van der Waals surface area (Å²) in [5, 5.41) is 4.04. The van der Waals surface area contributed by atoms with Crippen molar-refractivity contribution < 1.29 is 4.79 Å². The highest BCUT2D eigenvalue weighted by Gasteiger charge is 2.23. The summed E-state index contributed by atoms with van der Waals surface area (Å²) in [7, 11) is 0. The fourth-order valence-electron chi connectivity index (χ4n) is 1.29. The van der Waals surface area contributed by atoms with Crippen LogP contribution < -0.4 is 5.32 Å². The Morgan fingerprint density at radius 3 is 2.43 bits per heavy atom. The third-order valence-electron chi connectivity index (χ3n) is 2.46. The standard InChI is InChI=1S/C11H22BrNO/c1-5-11(4,6-7-12)13-10(14)8-9(2)3/h9H,5-8H2,1-4H3,(H,13,14). The van der Waals surface area contributed by atoms with Crippen molar-refractivity contribution in [1.29, 1.82) is 0 Å². The predicted octanol–water partition coefficient (Wildman–Crippen LogP) is 3.10. The van der Waals surface area contributed by atoms with Crippen molar-refractivity contribution in [2.45, 2.75) is 52.5 Å². The van der Waals surface area contributed by atoms with Gasteiger partial charge in [0.15, 0.2) is 0 Å². The molecule has 1 N–H and O–H groups in total. The summed E-state index contributed by atoms with van der Waals surface area (Å²) in [5.74, 6) is 0.602. The Hall–Kier alpha value is -0.0500. The van der Waals surface area contributed by atoms with Crippen LogP contribution in [-0.4, -0.2) is 16.8 Å². The van der Waals surface area contributed by atoms with Gasteiger partial charge >= 0.3 is 0 Å². The molecule has 0 aromatic heterocycles. The van der Waals surface area contributed by atoms with Crippen molar-refractivity contribution in [2.24, 2.45) is 5.92 Å². The minimum Gasteiger partial charge on any atom is -0.351 e. The van der Waals surface area contributed by atoms with Crippen LogP contribution >= 0.6 is 15.9 Å². The van der Waals surface area contributed by atoms with E-state index in [9.17, 15) is 4.79 Å². The van der Waals surface area contributed by atoms with Gasteiger partial charge < -0.3 is 5.32 Å². The van der Waals surface area contributed by atoms with Gasteiger partial charge in [0.25, 0.3) is 0 Å². The van der Waals surface area contributed by atoms with E-state index in [4.69, 9.17) is 0 Å². The molecule has 1 amide bonds. The number of amides is 1. The summed E-state index contributed by atoms with van der Waals surface area (Å²) in [6.45, 7) is 8.34. The average molecular weight is 264 g/mol. The van der Waals surface area contributed by atoms with Crippen LogP contribution in [-0.2, 0) is 4.79 Å². The molecule has 0 rings (SSSR count). The summed E-state index contributed by atoms with van der Waals surface area (Å²) in [4.78, 5) is 11.6.